The minimum atomic E-state index is 0.316. The van der Waals surface area contributed by atoms with E-state index in [2.05, 4.69) is 48.1 Å². The second kappa shape index (κ2) is 6.18. The van der Waals surface area contributed by atoms with Crippen molar-refractivity contribution in [3.05, 3.63) is 22.4 Å². The minimum Gasteiger partial charge on any atom is -0.308 e. The second-order valence-electron chi connectivity index (χ2n) is 5.65. The molecule has 0 aliphatic heterocycles. The van der Waals surface area contributed by atoms with Gasteiger partial charge in [0.15, 0.2) is 0 Å². The molecule has 2 rings (SSSR count). The molecule has 102 valence electrons. The summed E-state index contributed by atoms with van der Waals surface area (Å²) in [6.07, 6.45) is 6.57. The maximum atomic E-state index is 3.80. The fourth-order valence-corrected chi connectivity index (χ4v) is 4.01. The number of nitrogens with one attached hydrogen (secondary N) is 1. The van der Waals surface area contributed by atoms with Crippen LogP contribution in [0, 0.1) is 0 Å². The van der Waals surface area contributed by atoms with Crippen LogP contribution in [0.15, 0.2) is 16.8 Å². The highest BCUT2D eigenvalue weighted by atomic mass is 32.1. The summed E-state index contributed by atoms with van der Waals surface area (Å²) in [7, 11) is 4.50. The monoisotopic (exact) mass is 266 g/mol. The Morgan fingerprint density at radius 1 is 1.39 bits per heavy atom. The van der Waals surface area contributed by atoms with Gasteiger partial charge in [-0.05, 0) is 62.3 Å². The molecular weight excluding hydrogens is 240 g/mol. The second-order valence-corrected chi connectivity index (χ2v) is 6.43. The molecule has 0 aromatic carbocycles. The first kappa shape index (κ1) is 14.0. The third-order valence-corrected chi connectivity index (χ3v) is 5.07. The van der Waals surface area contributed by atoms with Gasteiger partial charge >= 0.3 is 0 Å². The molecular formula is C15H26N2S. The fourth-order valence-electron chi connectivity index (χ4n) is 3.33. The molecule has 1 aromatic heterocycles. The molecule has 1 aliphatic rings. The van der Waals surface area contributed by atoms with Crippen LogP contribution in [-0.2, 0) is 0 Å². The molecule has 1 fully saturated rings. The third-order valence-electron chi connectivity index (χ3n) is 4.37. The van der Waals surface area contributed by atoms with E-state index in [9.17, 15) is 0 Å². The van der Waals surface area contributed by atoms with Gasteiger partial charge in [-0.15, -0.1) is 0 Å². The average Bonchev–Trinajstić information content (AvgIpc) is 3.00. The minimum absolute atomic E-state index is 0.316. The lowest BCUT2D eigenvalue weighted by Crippen LogP contribution is -2.52. The number of likely N-dealkylation sites (N-methyl/N-ethyl adjacent to an activating group) is 1. The van der Waals surface area contributed by atoms with Crippen molar-refractivity contribution in [3.8, 4) is 0 Å². The molecule has 1 aromatic rings. The van der Waals surface area contributed by atoms with Crippen LogP contribution < -0.4 is 5.32 Å². The van der Waals surface area contributed by atoms with Crippen LogP contribution in [0.3, 0.4) is 0 Å². The largest absolute Gasteiger partial charge is 0.308 e. The smallest absolute Gasteiger partial charge is 0.0515 e. The maximum absolute atomic E-state index is 3.80. The van der Waals surface area contributed by atoms with Crippen LogP contribution in [0.2, 0.25) is 0 Å². The summed E-state index contributed by atoms with van der Waals surface area (Å²) in [6.45, 7) is 3.35. The zero-order valence-corrected chi connectivity index (χ0v) is 12.7. The lowest BCUT2D eigenvalue weighted by atomic mass is 9.83. The van der Waals surface area contributed by atoms with Crippen LogP contribution in [0.5, 0.6) is 0 Å². The molecule has 0 radical (unpaired) electrons. The van der Waals surface area contributed by atoms with E-state index < -0.39 is 0 Å². The zero-order valence-electron chi connectivity index (χ0n) is 11.9. The maximum Gasteiger partial charge on any atom is 0.0515 e. The molecule has 1 N–H and O–H groups in total. The van der Waals surface area contributed by atoms with Crippen molar-refractivity contribution in [2.24, 2.45) is 0 Å². The topological polar surface area (TPSA) is 15.3 Å². The van der Waals surface area contributed by atoms with E-state index in [1.165, 1.54) is 37.7 Å². The Bertz CT molecular complexity index is 339. The molecule has 0 amide bonds. The quantitative estimate of drug-likeness (QED) is 0.845. The number of rotatable bonds is 6. The van der Waals surface area contributed by atoms with E-state index in [1.807, 2.05) is 11.3 Å². The Balaban J connectivity index is 2.26. The van der Waals surface area contributed by atoms with Gasteiger partial charge in [0.1, 0.15) is 0 Å². The molecule has 1 heterocycles. The summed E-state index contributed by atoms with van der Waals surface area (Å²) in [4.78, 5) is 2.46. The Morgan fingerprint density at radius 3 is 2.61 bits per heavy atom. The Morgan fingerprint density at radius 2 is 2.11 bits per heavy atom. The highest BCUT2D eigenvalue weighted by Gasteiger charge is 2.43. The summed E-state index contributed by atoms with van der Waals surface area (Å²) in [5, 5.41) is 8.32. The number of thiophene rings is 1. The van der Waals surface area contributed by atoms with Gasteiger partial charge in [0.25, 0.3) is 0 Å². The van der Waals surface area contributed by atoms with E-state index in [0.717, 1.165) is 6.54 Å². The van der Waals surface area contributed by atoms with Gasteiger partial charge < -0.3 is 10.2 Å². The van der Waals surface area contributed by atoms with E-state index >= 15 is 0 Å². The molecule has 0 bridgehead atoms. The SMILES string of the molecule is CCCNC(c1ccsc1)C1(N(C)C)CCCC1. The predicted molar refractivity (Wildman–Crippen MR) is 80.2 cm³/mol. The van der Waals surface area contributed by atoms with Crippen LogP contribution >= 0.6 is 11.3 Å². The van der Waals surface area contributed by atoms with Crippen LogP contribution in [-0.4, -0.2) is 31.1 Å². The summed E-state index contributed by atoms with van der Waals surface area (Å²) >= 11 is 1.81. The number of hydrogen-bond donors (Lipinski definition) is 1. The van der Waals surface area contributed by atoms with Gasteiger partial charge in [0.2, 0.25) is 0 Å². The highest BCUT2D eigenvalue weighted by Crippen LogP contribution is 2.43. The molecule has 0 spiro atoms. The van der Waals surface area contributed by atoms with Crippen LogP contribution in [0.1, 0.15) is 50.6 Å². The number of hydrogen-bond acceptors (Lipinski definition) is 3. The first-order chi connectivity index (χ1) is 8.70. The Hall–Kier alpha value is -0.380. The summed E-state index contributed by atoms with van der Waals surface area (Å²) in [6, 6.07) is 2.78. The average molecular weight is 266 g/mol. The Labute approximate surface area is 115 Å². The third kappa shape index (κ3) is 2.63. The van der Waals surface area contributed by atoms with Crippen molar-refractivity contribution in [1.29, 1.82) is 0 Å². The highest BCUT2D eigenvalue weighted by molar-refractivity contribution is 7.07. The van der Waals surface area contributed by atoms with E-state index in [1.54, 1.807) is 0 Å². The molecule has 0 saturated heterocycles. The van der Waals surface area contributed by atoms with Gasteiger partial charge in [-0.25, -0.2) is 0 Å². The van der Waals surface area contributed by atoms with E-state index in [0.29, 0.717) is 11.6 Å². The molecule has 18 heavy (non-hydrogen) atoms. The summed E-state index contributed by atoms with van der Waals surface area (Å²) in [5.74, 6) is 0. The van der Waals surface area contributed by atoms with Gasteiger partial charge in [-0.2, -0.15) is 11.3 Å². The Kier molecular flexibility index (Phi) is 4.82. The lowest BCUT2D eigenvalue weighted by molar-refractivity contribution is 0.105. The van der Waals surface area contributed by atoms with Gasteiger partial charge in [-0.1, -0.05) is 19.8 Å². The zero-order chi connectivity index (χ0) is 13.0. The van der Waals surface area contributed by atoms with Crippen LogP contribution in [0.4, 0.5) is 0 Å². The molecule has 1 unspecified atom stereocenters. The van der Waals surface area contributed by atoms with Gasteiger partial charge in [0.05, 0.1) is 6.04 Å². The normalized spacial score (nSPS) is 20.4. The molecule has 1 saturated carbocycles. The number of nitrogens with zero attached hydrogens (tertiary/aromatic N) is 1. The van der Waals surface area contributed by atoms with Crippen molar-refractivity contribution in [1.82, 2.24) is 10.2 Å². The van der Waals surface area contributed by atoms with Crippen molar-refractivity contribution in [2.75, 3.05) is 20.6 Å². The molecule has 3 heteroatoms. The van der Waals surface area contributed by atoms with E-state index in [4.69, 9.17) is 0 Å². The van der Waals surface area contributed by atoms with Crippen LogP contribution in [0.25, 0.3) is 0 Å². The van der Waals surface area contributed by atoms with Gasteiger partial charge in [-0.3, -0.25) is 0 Å². The predicted octanol–water partition coefficient (Wildman–Crippen LogP) is 3.66. The summed E-state index contributed by atoms with van der Waals surface area (Å²) < 4.78 is 0. The first-order valence-electron chi connectivity index (χ1n) is 7.13. The first-order valence-corrected chi connectivity index (χ1v) is 8.08. The van der Waals surface area contributed by atoms with E-state index in [-0.39, 0.29) is 0 Å². The molecule has 2 nitrogen and oxygen atoms in total. The molecule has 1 atom stereocenters. The lowest BCUT2D eigenvalue weighted by Gasteiger charge is -2.43. The van der Waals surface area contributed by atoms with Gasteiger partial charge in [0, 0.05) is 5.54 Å². The van der Waals surface area contributed by atoms with Crippen molar-refractivity contribution < 1.29 is 0 Å². The van der Waals surface area contributed by atoms with Crippen molar-refractivity contribution in [3.63, 3.8) is 0 Å². The molecule has 1 aliphatic carbocycles. The summed E-state index contributed by atoms with van der Waals surface area (Å²) in [5.41, 5.74) is 1.79. The fraction of sp³-hybridized carbons (Fsp3) is 0.733. The van der Waals surface area contributed by atoms with Crippen molar-refractivity contribution in [2.45, 2.75) is 50.6 Å². The van der Waals surface area contributed by atoms with Crippen molar-refractivity contribution >= 4 is 11.3 Å². The standard InChI is InChI=1S/C15H26N2S/c1-4-10-16-14(13-7-11-18-12-13)15(17(2)3)8-5-6-9-15/h7,11-12,14,16H,4-6,8-10H2,1-3H3.